The summed E-state index contributed by atoms with van der Waals surface area (Å²) in [5.74, 6) is 1.38. The van der Waals surface area contributed by atoms with Gasteiger partial charge < -0.3 is 11.5 Å². The molecule has 2 atom stereocenters. The van der Waals surface area contributed by atoms with Gasteiger partial charge in [-0.15, -0.1) is 5.10 Å². The summed E-state index contributed by atoms with van der Waals surface area (Å²) in [7, 11) is 0. The van der Waals surface area contributed by atoms with Crippen LogP contribution < -0.4 is 11.5 Å². The Morgan fingerprint density at radius 2 is 2.05 bits per heavy atom. The fraction of sp³-hybridized carbons (Fsp3) is 0.533. The van der Waals surface area contributed by atoms with Gasteiger partial charge in [0.2, 0.25) is 0 Å². The van der Waals surface area contributed by atoms with Crippen molar-refractivity contribution in [3.8, 4) is 11.4 Å². The predicted octanol–water partition coefficient (Wildman–Crippen LogP) is 2.65. The first kappa shape index (κ1) is 13.9. The molecule has 0 spiro atoms. The molecule has 1 aromatic carbocycles. The number of anilines is 2. The molecule has 0 saturated heterocycles. The molecule has 0 aliphatic heterocycles. The number of rotatable bonds is 3. The molecule has 0 bridgehead atoms. The van der Waals surface area contributed by atoms with E-state index in [1.54, 1.807) is 6.07 Å². The zero-order valence-electron chi connectivity index (χ0n) is 12.4. The molecule has 1 heterocycles. The average molecular weight is 286 g/mol. The van der Waals surface area contributed by atoms with Crippen LogP contribution in [0.3, 0.4) is 0 Å². The summed E-state index contributed by atoms with van der Waals surface area (Å²) in [6, 6.07) is 5.86. The lowest BCUT2D eigenvalue weighted by atomic mass is 9.83. The largest absolute Gasteiger partial charge is 0.399 e. The van der Waals surface area contributed by atoms with Gasteiger partial charge in [-0.25, -0.2) is 4.68 Å². The van der Waals surface area contributed by atoms with Crippen LogP contribution in [0.5, 0.6) is 0 Å². The van der Waals surface area contributed by atoms with Crippen LogP contribution in [-0.2, 0) is 0 Å². The van der Waals surface area contributed by atoms with E-state index in [0.29, 0.717) is 23.3 Å². The summed E-state index contributed by atoms with van der Waals surface area (Å²) in [4.78, 5) is 0. The van der Waals surface area contributed by atoms with Gasteiger partial charge in [-0.3, -0.25) is 0 Å². The van der Waals surface area contributed by atoms with Crippen molar-refractivity contribution in [2.75, 3.05) is 11.5 Å². The Morgan fingerprint density at radius 3 is 2.81 bits per heavy atom. The number of hydrogen-bond acceptors (Lipinski definition) is 5. The lowest BCUT2D eigenvalue weighted by Gasteiger charge is -2.31. The number of hydrogen-bond donors (Lipinski definition) is 2. The summed E-state index contributed by atoms with van der Waals surface area (Å²) in [6.07, 6.45) is 6.07. The summed E-state index contributed by atoms with van der Waals surface area (Å²) >= 11 is 0. The molecule has 2 unspecified atom stereocenters. The van der Waals surface area contributed by atoms with Crippen LogP contribution in [0, 0.1) is 5.92 Å². The van der Waals surface area contributed by atoms with Crippen LogP contribution in [-0.4, -0.2) is 20.2 Å². The predicted molar refractivity (Wildman–Crippen MR) is 83.4 cm³/mol. The topological polar surface area (TPSA) is 95.6 Å². The highest BCUT2D eigenvalue weighted by Crippen LogP contribution is 2.38. The maximum atomic E-state index is 6.09. The number of tetrazole rings is 1. The van der Waals surface area contributed by atoms with E-state index in [9.17, 15) is 0 Å². The van der Waals surface area contributed by atoms with Crippen molar-refractivity contribution in [2.24, 2.45) is 5.92 Å². The molecular formula is C15H22N6. The molecule has 1 saturated carbocycles. The Kier molecular flexibility index (Phi) is 3.77. The van der Waals surface area contributed by atoms with E-state index in [4.69, 9.17) is 11.5 Å². The summed E-state index contributed by atoms with van der Waals surface area (Å²) in [6.45, 7) is 2.24. The van der Waals surface area contributed by atoms with Gasteiger partial charge in [-0.1, -0.05) is 26.2 Å². The van der Waals surface area contributed by atoms with Crippen molar-refractivity contribution < 1.29 is 0 Å². The van der Waals surface area contributed by atoms with Gasteiger partial charge in [-0.05, 0) is 47.4 Å². The van der Waals surface area contributed by atoms with Gasteiger partial charge in [0.15, 0.2) is 5.82 Å². The second-order valence-electron chi connectivity index (χ2n) is 5.81. The third-order valence-corrected chi connectivity index (χ3v) is 4.52. The Balaban J connectivity index is 2.00. The second-order valence-corrected chi connectivity index (χ2v) is 5.81. The first-order chi connectivity index (χ1) is 10.2. The van der Waals surface area contributed by atoms with E-state index in [2.05, 4.69) is 22.4 Å². The molecule has 2 aromatic rings. The fourth-order valence-electron chi connectivity index (χ4n) is 3.37. The third kappa shape index (κ3) is 2.57. The molecule has 21 heavy (non-hydrogen) atoms. The van der Waals surface area contributed by atoms with Crippen molar-refractivity contribution in [3.63, 3.8) is 0 Å². The molecule has 1 fully saturated rings. The number of aromatic nitrogens is 4. The molecule has 1 aliphatic rings. The number of benzene rings is 1. The molecule has 1 aromatic heterocycles. The van der Waals surface area contributed by atoms with Gasteiger partial charge in [0.05, 0.1) is 6.04 Å². The van der Waals surface area contributed by atoms with Crippen molar-refractivity contribution in [2.45, 2.75) is 45.1 Å². The molecular weight excluding hydrogens is 264 g/mol. The summed E-state index contributed by atoms with van der Waals surface area (Å²) in [5, 5.41) is 12.3. The van der Waals surface area contributed by atoms with Gasteiger partial charge in [-0.2, -0.15) is 0 Å². The smallest absolute Gasteiger partial charge is 0.184 e. The molecule has 112 valence electrons. The van der Waals surface area contributed by atoms with Crippen LogP contribution in [0.4, 0.5) is 11.4 Å². The highest BCUT2D eigenvalue weighted by molar-refractivity contribution is 5.74. The van der Waals surface area contributed by atoms with E-state index >= 15 is 0 Å². The Morgan fingerprint density at radius 1 is 1.24 bits per heavy atom. The van der Waals surface area contributed by atoms with Crippen molar-refractivity contribution >= 4 is 11.4 Å². The Hall–Kier alpha value is -2.11. The van der Waals surface area contributed by atoms with Gasteiger partial charge in [0, 0.05) is 16.9 Å². The number of nitrogen functional groups attached to an aromatic ring is 2. The van der Waals surface area contributed by atoms with Crippen LogP contribution in [0.15, 0.2) is 18.2 Å². The highest BCUT2D eigenvalue weighted by Gasteiger charge is 2.29. The van der Waals surface area contributed by atoms with Gasteiger partial charge >= 0.3 is 0 Å². The SMILES string of the molecule is CCC1CCCCC1n1nnnc1-c1ccc(N)cc1N. The van der Waals surface area contributed by atoms with E-state index in [-0.39, 0.29) is 0 Å². The molecule has 4 N–H and O–H groups in total. The molecule has 0 amide bonds. The van der Waals surface area contributed by atoms with E-state index in [1.807, 2.05) is 16.8 Å². The van der Waals surface area contributed by atoms with E-state index in [0.717, 1.165) is 24.2 Å². The summed E-state index contributed by atoms with van der Waals surface area (Å²) in [5.41, 5.74) is 14.0. The first-order valence-electron chi connectivity index (χ1n) is 7.64. The van der Waals surface area contributed by atoms with Crippen LogP contribution in [0.2, 0.25) is 0 Å². The monoisotopic (exact) mass is 286 g/mol. The van der Waals surface area contributed by atoms with Crippen molar-refractivity contribution in [1.29, 1.82) is 0 Å². The molecule has 1 aliphatic carbocycles. The van der Waals surface area contributed by atoms with E-state index < -0.39 is 0 Å². The quantitative estimate of drug-likeness (QED) is 0.846. The maximum absolute atomic E-state index is 6.09. The van der Waals surface area contributed by atoms with Crippen molar-refractivity contribution in [1.82, 2.24) is 20.2 Å². The number of nitrogens with zero attached hydrogens (tertiary/aromatic N) is 4. The average Bonchev–Trinajstić information content (AvgIpc) is 2.96. The fourth-order valence-corrected chi connectivity index (χ4v) is 3.37. The molecule has 3 rings (SSSR count). The number of nitrogens with two attached hydrogens (primary N) is 2. The maximum Gasteiger partial charge on any atom is 0.184 e. The zero-order valence-corrected chi connectivity index (χ0v) is 12.4. The standard InChI is InChI=1S/C15H22N6/c1-2-10-5-3-4-6-14(10)21-15(18-19-20-21)12-8-7-11(16)9-13(12)17/h7-10,14H,2-6,16-17H2,1H3. The zero-order chi connectivity index (χ0) is 14.8. The minimum absolute atomic E-state index is 0.366. The Labute approximate surface area is 124 Å². The third-order valence-electron chi connectivity index (χ3n) is 4.52. The highest BCUT2D eigenvalue weighted by atomic mass is 15.6. The van der Waals surface area contributed by atoms with Gasteiger partial charge in [0.25, 0.3) is 0 Å². The van der Waals surface area contributed by atoms with Crippen molar-refractivity contribution in [3.05, 3.63) is 18.2 Å². The minimum Gasteiger partial charge on any atom is -0.399 e. The van der Waals surface area contributed by atoms with Crippen LogP contribution >= 0.6 is 0 Å². The normalized spacial score (nSPS) is 22.3. The lowest BCUT2D eigenvalue weighted by molar-refractivity contribution is 0.216. The lowest BCUT2D eigenvalue weighted by Crippen LogP contribution is -2.24. The second kappa shape index (κ2) is 5.71. The molecule has 6 nitrogen and oxygen atoms in total. The molecule has 0 radical (unpaired) electrons. The first-order valence-corrected chi connectivity index (χ1v) is 7.64. The summed E-state index contributed by atoms with van der Waals surface area (Å²) < 4.78 is 1.97. The molecule has 6 heteroatoms. The Bertz CT molecular complexity index is 620. The van der Waals surface area contributed by atoms with Gasteiger partial charge in [0.1, 0.15) is 0 Å². The van der Waals surface area contributed by atoms with Crippen LogP contribution in [0.25, 0.3) is 11.4 Å². The van der Waals surface area contributed by atoms with Crippen LogP contribution in [0.1, 0.15) is 45.1 Å². The van der Waals surface area contributed by atoms with E-state index in [1.165, 1.54) is 19.3 Å². The minimum atomic E-state index is 0.366.